The highest BCUT2D eigenvalue weighted by molar-refractivity contribution is 5.97. The summed E-state index contributed by atoms with van der Waals surface area (Å²) in [6.45, 7) is 2.47. The third kappa shape index (κ3) is 4.81. The molecule has 0 aliphatic heterocycles. The van der Waals surface area contributed by atoms with Crippen LogP contribution in [0.1, 0.15) is 49.4 Å². The summed E-state index contributed by atoms with van der Waals surface area (Å²) in [4.78, 5) is 49.3. The molecule has 8 nitrogen and oxygen atoms in total. The zero-order chi connectivity index (χ0) is 19.1. The Morgan fingerprint density at radius 3 is 2.58 bits per heavy atom. The predicted molar refractivity (Wildman–Crippen MR) is 97.6 cm³/mol. The lowest BCUT2D eigenvalue weighted by atomic mass is 10.1. The highest BCUT2D eigenvalue weighted by Crippen LogP contribution is 2.09. The number of H-pyrrole nitrogens is 1. The van der Waals surface area contributed by atoms with E-state index >= 15 is 0 Å². The van der Waals surface area contributed by atoms with Crippen molar-refractivity contribution in [1.29, 1.82) is 0 Å². The van der Waals surface area contributed by atoms with Gasteiger partial charge in [-0.2, -0.15) is 0 Å². The Kier molecular flexibility index (Phi) is 6.71. The Bertz CT molecular complexity index is 913. The third-order valence-corrected chi connectivity index (χ3v) is 4.16. The second-order valence-electron chi connectivity index (χ2n) is 6.05. The highest BCUT2D eigenvalue weighted by atomic mass is 16.4. The molecule has 1 amide bonds. The van der Waals surface area contributed by atoms with E-state index < -0.39 is 11.7 Å². The molecule has 0 fully saturated rings. The number of carboxylic acid groups (broad SMARTS) is 1. The van der Waals surface area contributed by atoms with E-state index in [2.05, 4.69) is 10.3 Å². The standard InChI is InChI=1S/C18H23N3O5/c1-2-21-17(25)13-9-8-12(11-14(13)20-18(21)26)16(24)19-10-6-4-3-5-7-15(22)23/h8-9,11H,2-7,10H2,1H3,(H,19,24)(H,20,26)(H,22,23). The van der Waals surface area contributed by atoms with E-state index in [4.69, 9.17) is 5.11 Å². The molecule has 0 spiro atoms. The van der Waals surface area contributed by atoms with E-state index in [1.54, 1.807) is 19.1 Å². The lowest BCUT2D eigenvalue weighted by molar-refractivity contribution is -0.137. The number of hydrogen-bond acceptors (Lipinski definition) is 4. The number of nitrogens with zero attached hydrogens (tertiary/aromatic N) is 1. The van der Waals surface area contributed by atoms with Crippen LogP contribution in [0, 0.1) is 0 Å². The SMILES string of the molecule is CCn1c(=O)[nH]c2cc(C(=O)NCCCCCCC(=O)O)ccc2c1=O. The van der Waals surface area contributed by atoms with E-state index in [0.717, 1.165) is 23.8 Å². The molecule has 0 aliphatic rings. The average molecular weight is 361 g/mol. The maximum Gasteiger partial charge on any atom is 0.328 e. The molecule has 0 radical (unpaired) electrons. The molecule has 0 bridgehead atoms. The second-order valence-corrected chi connectivity index (χ2v) is 6.05. The number of carbonyl (C=O) groups is 2. The lowest BCUT2D eigenvalue weighted by Crippen LogP contribution is -2.34. The van der Waals surface area contributed by atoms with Gasteiger partial charge >= 0.3 is 11.7 Å². The van der Waals surface area contributed by atoms with E-state index in [1.807, 2.05) is 0 Å². The quantitative estimate of drug-likeness (QED) is 0.584. The van der Waals surface area contributed by atoms with Crippen LogP contribution in [-0.4, -0.2) is 33.1 Å². The summed E-state index contributed by atoms with van der Waals surface area (Å²) in [5.41, 5.74) is -0.165. The molecule has 26 heavy (non-hydrogen) atoms. The molecule has 0 aliphatic carbocycles. The minimum atomic E-state index is -0.793. The smallest absolute Gasteiger partial charge is 0.328 e. The summed E-state index contributed by atoms with van der Waals surface area (Å²) < 4.78 is 1.10. The number of benzene rings is 1. The molecule has 0 saturated heterocycles. The van der Waals surface area contributed by atoms with Gasteiger partial charge in [0.15, 0.2) is 0 Å². The molecule has 1 aromatic heterocycles. The summed E-state index contributed by atoms with van der Waals surface area (Å²) in [6.07, 6.45) is 3.22. The average Bonchev–Trinajstić information content (AvgIpc) is 2.60. The van der Waals surface area contributed by atoms with Gasteiger partial charge in [-0.25, -0.2) is 4.79 Å². The number of carboxylic acids is 1. The second kappa shape index (κ2) is 8.98. The van der Waals surface area contributed by atoms with Crippen molar-refractivity contribution in [1.82, 2.24) is 14.9 Å². The van der Waals surface area contributed by atoms with Gasteiger partial charge < -0.3 is 15.4 Å². The van der Waals surface area contributed by atoms with Gasteiger partial charge in [0.2, 0.25) is 0 Å². The van der Waals surface area contributed by atoms with Crippen LogP contribution in [0.25, 0.3) is 10.9 Å². The molecule has 0 atom stereocenters. The van der Waals surface area contributed by atoms with Crippen molar-refractivity contribution in [3.63, 3.8) is 0 Å². The molecule has 0 saturated carbocycles. The maximum atomic E-state index is 12.2. The Morgan fingerprint density at radius 1 is 1.15 bits per heavy atom. The molecule has 2 rings (SSSR count). The van der Waals surface area contributed by atoms with Gasteiger partial charge in [0.25, 0.3) is 11.5 Å². The summed E-state index contributed by atoms with van der Waals surface area (Å²) in [7, 11) is 0. The Labute approximate surface area is 149 Å². The van der Waals surface area contributed by atoms with Gasteiger partial charge in [-0.3, -0.25) is 19.0 Å². The van der Waals surface area contributed by atoms with Crippen LogP contribution in [0.3, 0.4) is 0 Å². The number of aromatic amines is 1. The van der Waals surface area contributed by atoms with Crippen molar-refractivity contribution in [2.45, 2.75) is 45.6 Å². The first kappa shape index (κ1) is 19.4. The van der Waals surface area contributed by atoms with Crippen LogP contribution in [0.5, 0.6) is 0 Å². The molecule has 8 heteroatoms. The van der Waals surface area contributed by atoms with Gasteiger partial charge in [0.05, 0.1) is 10.9 Å². The first-order chi connectivity index (χ1) is 12.4. The monoisotopic (exact) mass is 361 g/mol. The van der Waals surface area contributed by atoms with Crippen molar-refractivity contribution >= 4 is 22.8 Å². The Hall–Kier alpha value is -2.90. The summed E-state index contributed by atoms with van der Waals surface area (Å²) in [5, 5.41) is 11.7. The minimum absolute atomic E-state index is 0.168. The first-order valence-electron chi connectivity index (χ1n) is 8.71. The Morgan fingerprint density at radius 2 is 1.88 bits per heavy atom. The summed E-state index contributed by atoms with van der Waals surface area (Å²) >= 11 is 0. The zero-order valence-corrected chi connectivity index (χ0v) is 14.7. The number of unbranched alkanes of at least 4 members (excludes halogenated alkanes) is 3. The predicted octanol–water partition coefficient (Wildman–Crippen LogP) is 1.47. The molecule has 140 valence electrons. The van der Waals surface area contributed by atoms with Crippen molar-refractivity contribution in [3.05, 3.63) is 44.6 Å². The number of rotatable bonds is 9. The number of aliphatic carboxylic acids is 1. The fourth-order valence-corrected chi connectivity index (χ4v) is 2.74. The van der Waals surface area contributed by atoms with E-state index in [9.17, 15) is 19.2 Å². The zero-order valence-electron chi connectivity index (χ0n) is 14.7. The van der Waals surface area contributed by atoms with Gasteiger partial charge in [0.1, 0.15) is 0 Å². The van der Waals surface area contributed by atoms with E-state index in [0.29, 0.717) is 29.4 Å². The molecule has 2 aromatic rings. The molecule has 1 aromatic carbocycles. The number of nitrogens with one attached hydrogen (secondary N) is 2. The third-order valence-electron chi connectivity index (χ3n) is 4.16. The topological polar surface area (TPSA) is 121 Å². The fraction of sp³-hybridized carbons (Fsp3) is 0.444. The van der Waals surface area contributed by atoms with Crippen molar-refractivity contribution in [2.75, 3.05) is 6.54 Å². The van der Waals surface area contributed by atoms with Crippen LogP contribution in [0.4, 0.5) is 0 Å². The fourth-order valence-electron chi connectivity index (χ4n) is 2.74. The largest absolute Gasteiger partial charge is 0.481 e. The Balaban J connectivity index is 1.95. The van der Waals surface area contributed by atoms with Crippen LogP contribution < -0.4 is 16.6 Å². The highest BCUT2D eigenvalue weighted by Gasteiger charge is 2.10. The van der Waals surface area contributed by atoms with Crippen LogP contribution in [-0.2, 0) is 11.3 Å². The van der Waals surface area contributed by atoms with Crippen molar-refractivity contribution < 1.29 is 14.7 Å². The molecular formula is C18H23N3O5. The lowest BCUT2D eigenvalue weighted by Gasteiger charge is -2.07. The molecular weight excluding hydrogens is 338 g/mol. The number of fused-ring (bicyclic) bond motifs is 1. The van der Waals surface area contributed by atoms with Gasteiger partial charge in [-0.05, 0) is 38.0 Å². The number of carbonyl (C=O) groups excluding carboxylic acids is 1. The molecule has 0 unspecified atom stereocenters. The maximum absolute atomic E-state index is 12.2. The van der Waals surface area contributed by atoms with Crippen molar-refractivity contribution in [2.24, 2.45) is 0 Å². The van der Waals surface area contributed by atoms with Crippen LogP contribution >= 0.6 is 0 Å². The first-order valence-corrected chi connectivity index (χ1v) is 8.71. The number of amides is 1. The molecule has 1 heterocycles. The summed E-state index contributed by atoms with van der Waals surface area (Å²) in [5.74, 6) is -1.07. The van der Waals surface area contributed by atoms with E-state index in [-0.39, 0.29) is 24.4 Å². The van der Waals surface area contributed by atoms with Gasteiger partial charge in [-0.15, -0.1) is 0 Å². The minimum Gasteiger partial charge on any atom is -0.481 e. The molecule has 3 N–H and O–H groups in total. The van der Waals surface area contributed by atoms with Gasteiger partial charge in [0, 0.05) is 25.1 Å². The van der Waals surface area contributed by atoms with Crippen LogP contribution in [0.2, 0.25) is 0 Å². The van der Waals surface area contributed by atoms with Gasteiger partial charge in [-0.1, -0.05) is 12.8 Å². The number of hydrogen-bond donors (Lipinski definition) is 3. The van der Waals surface area contributed by atoms with Crippen LogP contribution in [0.15, 0.2) is 27.8 Å². The normalized spacial score (nSPS) is 10.8. The summed E-state index contributed by atoms with van der Waals surface area (Å²) in [6, 6.07) is 4.60. The van der Waals surface area contributed by atoms with Crippen molar-refractivity contribution in [3.8, 4) is 0 Å². The van der Waals surface area contributed by atoms with E-state index in [1.165, 1.54) is 6.07 Å². The number of aromatic nitrogens is 2.